The molecule has 0 atom stereocenters. The van der Waals surface area contributed by atoms with E-state index in [4.69, 9.17) is 26.5 Å². The molecule has 0 fully saturated rings. The van der Waals surface area contributed by atoms with Crippen molar-refractivity contribution in [2.75, 3.05) is 0 Å². The largest absolute Gasteiger partial charge is 0.458 e. The summed E-state index contributed by atoms with van der Waals surface area (Å²) in [4.78, 5) is 4.53. The number of pyridine rings is 1. The average molecular weight is 894 g/mol. The van der Waals surface area contributed by atoms with Gasteiger partial charge in [-0.05, 0) is 83.5 Å². The third kappa shape index (κ3) is 5.15. The standard InChI is InChI=1S/C61H36BN3O4/c1-2-4-18-47-39(12-3-1)40-13-5-8-19-48(40)64(47)36-22-24-45-54(32-36)67-56-30-35(38-16-11-17-44-59-53(69-61(38)44)27-26-52-58(59)43-15-7-10-21-51(43)66-52)31-57-60(56)62(45)46-25-23-37(33-55(46)68-57)65-49-20-9-6-14-41(49)42-28-29-63-34-50(42)65/h2-17,19-34H,1,18H2/b4-2-,12-3-/i2D,3D,4D,5D,8D,12D,13D,19D. The van der Waals surface area contributed by atoms with Gasteiger partial charge in [-0.1, -0.05) is 109 Å². The van der Waals surface area contributed by atoms with Crippen molar-refractivity contribution < 1.29 is 29.3 Å². The minimum Gasteiger partial charge on any atom is -0.458 e. The molecule has 16 rings (SSSR count). The maximum absolute atomic E-state index is 9.30. The molecule has 0 unspecified atom stereocenters. The van der Waals surface area contributed by atoms with Gasteiger partial charge in [0.25, 0.3) is 6.71 Å². The van der Waals surface area contributed by atoms with Crippen LogP contribution in [-0.4, -0.2) is 20.8 Å². The molecule has 3 aliphatic rings. The highest BCUT2D eigenvalue weighted by Crippen LogP contribution is 2.46. The highest BCUT2D eigenvalue weighted by atomic mass is 16.5. The summed E-state index contributed by atoms with van der Waals surface area (Å²) in [5.74, 6) is 2.24. The van der Waals surface area contributed by atoms with Gasteiger partial charge in [0, 0.05) is 96.1 Å². The van der Waals surface area contributed by atoms with Crippen LogP contribution < -0.4 is 25.9 Å². The molecular formula is C61H36BN3O4. The molecule has 0 saturated heterocycles. The maximum Gasteiger partial charge on any atom is 0.260 e. The Labute approximate surface area is 405 Å². The summed E-state index contributed by atoms with van der Waals surface area (Å²) in [6.45, 7) is -0.407. The van der Waals surface area contributed by atoms with Crippen molar-refractivity contribution in [2.45, 2.75) is 12.8 Å². The molecule has 2 aliphatic heterocycles. The second-order valence-corrected chi connectivity index (χ2v) is 17.8. The second kappa shape index (κ2) is 13.8. The first-order valence-electron chi connectivity index (χ1n) is 26.9. The summed E-state index contributed by atoms with van der Waals surface area (Å²) in [6, 6.07) is 42.1. The average Bonchev–Trinajstić information content (AvgIpc) is 4.38. The van der Waals surface area contributed by atoms with E-state index < -0.39 is 18.8 Å². The third-order valence-corrected chi connectivity index (χ3v) is 14.2. The molecule has 7 nitrogen and oxygen atoms in total. The quantitative estimate of drug-likeness (QED) is 0.131. The van der Waals surface area contributed by atoms with Gasteiger partial charge in [0.1, 0.15) is 45.3 Å². The lowest BCUT2D eigenvalue weighted by Crippen LogP contribution is -2.57. The zero-order valence-corrected chi connectivity index (χ0v) is 36.3. The molecule has 5 aromatic heterocycles. The predicted octanol–water partition coefficient (Wildman–Crippen LogP) is 13.8. The summed E-state index contributed by atoms with van der Waals surface area (Å²) < 4.78 is 103. The van der Waals surface area contributed by atoms with Crippen LogP contribution in [0.4, 0.5) is 0 Å². The Balaban J connectivity index is 0.937. The Morgan fingerprint density at radius 2 is 1.28 bits per heavy atom. The molecule has 8 aromatic carbocycles. The van der Waals surface area contributed by atoms with Crippen molar-refractivity contribution >= 4 is 106 Å². The molecule has 0 spiro atoms. The van der Waals surface area contributed by atoms with E-state index in [1.165, 1.54) is 0 Å². The molecule has 0 amide bonds. The second-order valence-electron chi connectivity index (χ2n) is 17.8. The van der Waals surface area contributed by atoms with Crippen LogP contribution in [0.2, 0.25) is 0 Å². The highest BCUT2D eigenvalue weighted by molar-refractivity contribution is 6.98. The van der Waals surface area contributed by atoms with Gasteiger partial charge in [0.05, 0.1) is 33.7 Å². The molecule has 69 heavy (non-hydrogen) atoms. The Morgan fingerprint density at radius 3 is 2.13 bits per heavy atom. The summed E-state index contributed by atoms with van der Waals surface area (Å²) in [5, 5.41) is 6.10. The monoisotopic (exact) mass is 893 g/mol. The highest BCUT2D eigenvalue weighted by Gasteiger charge is 2.41. The summed E-state index contributed by atoms with van der Waals surface area (Å²) >= 11 is 0. The lowest BCUT2D eigenvalue weighted by molar-refractivity contribution is 0.464. The first kappa shape index (κ1) is 30.3. The number of furan rings is 2. The first-order valence-corrected chi connectivity index (χ1v) is 22.9. The van der Waals surface area contributed by atoms with E-state index in [1.807, 2.05) is 97.3 Å². The molecule has 0 saturated carbocycles. The Morgan fingerprint density at radius 1 is 0.551 bits per heavy atom. The number of para-hydroxylation sites is 4. The van der Waals surface area contributed by atoms with E-state index in [0.29, 0.717) is 40.0 Å². The third-order valence-electron chi connectivity index (χ3n) is 14.2. The van der Waals surface area contributed by atoms with E-state index in [1.54, 1.807) is 4.57 Å². The van der Waals surface area contributed by atoms with Gasteiger partial charge in [-0.15, -0.1) is 0 Å². The number of aromatic nitrogens is 3. The molecule has 0 bridgehead atoms. The van der Waals surface area contributed by atoms with Crippen molar-refractivity contribution in [1.82, 2.24) is 14.1 Å². The van der Waals surface area contributed by atoms with Gasteiger partial charge in [-0.25, -0.2) is 0 Å². The van der Waals surface area contributed by atoms with Crippen molar-refractivity contribution in [3.05, 3.63) is 199 Å². The van der Waals surface area contributed by atoms with Gasteiger partial charge >= 0.3 is 0 Å². The molecule has 8 heteroatoms. The van der Waals surface area contributed by atoms with E-state index in [0.717, 1.165) is 93.3 Å². The lowest BCUT2D eigenvalue weighted by atomic mass is 9.35. The smallest absolute Gasteiger partial charge is 0.260 e. The fourth-order valence-corrected chi connectivity index (χ4v) is 11.3. The maximum atomic E-state index is 9.30. The van der Waals surface area contributed by atoms with Gasteiger partial charge in [0.2, 0.25) is 0 Å². The van der Waals surface area contributed by atoms with Gasteiger partial charge in [0.15, 0.2) is 0 Å². The fourth-order valence-electron chi connectivity index (χ4n) is 11.3. The van der Waals surface area contributed by atoms with Gasteiger partial charge in [-0.2, -0.15) is 0 Å². The van der Waals surface area contributed by atoms with Crippen LogP contribution in [0.1, 0.15) is 28.6 Å². The number of hydrogen-bond donors (Lipinski definition) is 0. The number of rotatable bonds is 3. The lowest BCUT2D eigenvalue weighted by Gasteiger charge is -2.34. The number of allylic oxidation sites excluding steroid dienone is 3. The van der Waals surface area contributed by atoms with Crippen LogP contribution in [0.15, 0.2) is 197 Å². The van der Waals surface area contributed by atoms with E-state index in [9.17, 15) is 2.74 Å². The van der Waals surface area contributed by atoms with E-state index in [2.05, 4.69) is 58.1 Å². The molecule has 7 heterocycles. The van der Waals surface area contributed by atoms with Gasteiger partial charge in [-0.3, -0.25) is 4.98 Å². The van der Waals surface area contributed by atoms with Crippen molar-refractivity contribution in [3.63, 3.8) is 0 Å². The molecule has 1 aliphatic carbocycles. The number of fused-ring (bicyclic) bond motifs is 17. The SMILES string of the molecule is [2H]/C1=C(\[2H])Cc2c(c3c([2H])c([2H])c([2H])c([2H])c3n2-c2ccc3c(c2)Oc2cc(-c4cccc5c4oc4ccc6oc7ccccc7c6c45)cc4c2B3c2ccc(-n3c5ccccc5c5ccncc53)cc2O4)/C([2H])=C(/[2H])C1. The van der Waals surface area contributed by atoms with Crippen molar-refractivity contribution in [1.29, 1.82) is 0 Å². The number of ether oxygens (including phenoxy) is 2. The zero-order chi connectivity index (χ0) is 51.9. The van der Waals surface area contributed by atoms with Crippen LogP contribution in [0.25, 0.3) is 105 Å². The van der Waals surface area contributed by atoms with E-state index in [-0.39, 0.29) is 65.6 Å². The van der Waals surface area contributed by atoms with Crippen LogP contribution in [0.3, 0.4) is 0 Å². The van der Waals surface area contributed by atoms with Crippen LogP contribution in [0.5, 0.6) is 23.0 Å². The summed E-state index contributed by atoms with van der Waals surface area (Å²) in [5.41, 5.74) is 10.9. The number of benzene rings is 8. The molecular weight excluding hydrogens is 849 g/mol. The van der Waals surface area contributed by atoms with Crippen molar-refractivity contribution in [2.24, 2.45) is 0 Å². The molecule has 13 aromatic rings. The Kier molecular flexibility index (Phi) is 6.05. The topological polar surface area (TPSA) is 67.5 Å². The minimum absolute atomic E-state index is 0.0786. The van der Waals surface area contributed by atoms with Gasteiger partial charge < -0.3 is 27.4 Å². The molecule has 322 valence electrons. The fraction of sp³-hybridized carbons (Fsp3) is 0.0328. The van der Waals surface area contributed by atoms with Crippen LogP contribution in [0, 0.1) is 0 Å². The first-order chi connectivity index (χ1) is 37.5. The van der Waals surface area contributed by atoms with Crippen LogP contribution in [-0.2, 0) is 6.42 Å². The number of nitrogens with zero attached hydrogens (tertiary/aromatic N) is 3. The Hall–Kier alpha value is -9.01. The van der Waals surface area contributed by atoms with E-state index >= 15 is 0 Å². The predicted molar refractivity (Wildman–Crippen MR) is 280 cm³/mol. The summed E-state index contributed by atoms with van der Waals surface area (Å²) in [7, 11) is 0. The number of hydrogen-bond acceptors (Lipinski definition) is 5. The Bertz CT molecular complexity index is 4900. The normalized spacial score (nSPS) is 18.1. The minimum atomic E-state index is -0.471. The van der Waals surface area contributed by atoms with Crippen molar-refractivity contribution in [3.8, 4) is 45.5 Å². The zero-order valence-electron chi connectivity index (χ0n) is 44.3. The molecule has 0 N–H and O–H groups in total. The van der Waals surface area contributed by atoms with Crippen LogP contribution >= 0.6 is 0 Å². The molecule has 0 radical (unpaired) electrons. The summed E-state index contributed by atoms with van der Waals surface area (Å²) in [6.07, 6.45) is 3.29.